The number of nitrogens with zero attached hydrogens (tertiary/aromatic N) is 3. The lowest BCUT2D eigenvalue weighted by atomic mass is 9.94. The number of pyridine rings is 1. The fourth-order valence-electron chi connectivity index (χ4n) is 6.01. The number of benzene rings is 2. The summed E-state index contributed by atoms with van der Waals surface area (Å²) in [4.78, 5) is 18.2. The zero-order valence-corrected chi connectivity index (χ0v) is 24.7. The summed E-state index contributed by atoms with van der Waals surface area (Å²) in [6.45, 7) is 0.202. The number of aromatic nitrogens is 2. The molecule has 1 aliphatic carbocycles. The van der Waals surface area contributed by atoms with Crippen LogP contribution in [0.1, 0.15) is 41.8 Å². The minimum Gasteiger partial charge on any atom is -0.470 e. The van der Waals surface area contributed by atoms with E-state index in [1.807, 2.05) is 10.6 Å². The normalized spacial score (nSPS) is 14.7. The minimum atomic E-state index is -3.69. The lowest BCUT2D eigenvalue weighted by Crippen LogP contribution is -2.25. The standard InChI is InChI=1S/C32H29FN4O5S/c1-34-32(38)29-21-14-20(25(36(2)43(3,39)40)16-28(21)42-31(29)18-8-5-4-6-9-18)23-12-13-27-30(35-23)26-15-19-22(33)10-7-11-24(19)37(26)17-41-27/h7-8,10-16H,4-6,9,17H2,1-3H3,(H,34,38). The number of hydrogen-bond donors (Lipinski definition) is 1. The van der Waals surface area contributed by atoms with Gasteiger partial charge in [-0.25, -0.2) is 17.8 Å². The molecule has 1 N–H and O–H groups in total. The molecule has 0 unspecified atom stereocenters. The number of hydrogen-bond acceptors (Lipinski definition) is 6. The molecule has 1 aliphatic heterocycles. The lowest BCUT2D eigenvalue weighted by molar-refractivity contribution is 0.0963. The topological polar surface area (TPSA) is 107 Å². The number of carbonyl (C=O) groups excluding carboxylic acids is 1. The molecule has 0 bridgehead atoms. The van der Waals surface area contributed by atoms with E-state index in [9.17, 15) is 17.6 Å². The summed E-state index contributed by atoms with van der Waals surface area (Å²) in [6, 6.07) is 13.6. The molecule has 7 rings (SSSR count). The van der Waals surface area contributed by atoms with Crippen LogP contribution in [-0.2, 0) is 16.8 Å². The predicted molar refractivity (Wildman–Crippen MR) is 164 cm³/mol. The molecule has 11 heteroatoms. The first-order valence-corrected chi connectivity index (χ1v) is 15.9. The van der Waals surface area contributed by atoms with Crippen LogP contribution in [0.4, 0.5) is 10.1 Å². The van der Waals surface area contributed by atoms with Crippen LogP contribution >= 0.6 is 0 Å². The Labute approximate surface area is 247 Å². The van der Waals surface area contributed by atoms with Gasteiger partial charge in [0.15, 0.2) is 6.73 Å². The van der Waals surface area contributed by atoms with Crippen molar-refractivity contribution in [2.45, 2.75) is 32.4 Å². The first kappa shape index (κ1) is 27.2. The highest BCUT2D eigenvalue weighted by Gasteiger charge is 2.29. The number of rotatable bonds is 5. The number of sulfonamides is 1. The third kappa shape index (κ3) is 4.37. The van der Waals surface area contributed by atoms with Crippen LogP contribution in [0.3, 0.4) is 0 Å². The van der Waals surface area contributed by atoms with Gasteiger partial charge >= 0.3 is 0 Å². The van der Waals surface area contributed by atoms with Crippen LogP contribution in [0.15, 0.2) is 59.0 Å². The smallest absolute Gasteiger partial charge is 0.255 e. The lowest BCUT2D eigenvalue weighted by Gasteiger charge is -2.23. The number of furan rings is 1. The van der Waals surface area contributed by atoms with Crippen molar-refractivity contribution < 1.29 is 26.8 Å². The largest absolute Gasteiger partial charge is 0.470 e. The molecular weight excluding hydrogens is 571 g/mol. The molecule has 2 aromatic carbocycles. The monoisotopic (exact) mass is 600 g/mol. The van der Waals surface area contributed by atoms with E-state index >= 15 is 0 Å². The van der Waals surface area contributed by atoms with E-state index in [1.165, 1.54) is 17.4 Å². The molecule has 3 aromatic heterocycles. The van der Waals surface area contributed by atoms with Gasteiger partial charge in [-0.15, -0.1) is 0 Å². The summed E-state index contributed by atoms with van der Waals surface area (Å²) in [5.41, 5.74) is 4.90. The maximum atomic E-state index is 14.7. The average Bonchev–Trinajstić information content (AvgIpc) is 3.59. The van der Waals surface area contributed by atoms with Gasteiger partial charge in [-0.2, -0.15) is 0 Å². The van der Waals surface area contributed by atoms with Gasteiger partial charge in [0.2, 0.25) is 10.0 Å². The second-order valence-electron chi connectivity index (χ2n) is 10.9. The maximum Gasteiger partial charge on any atom is 0.255 e. The van der Waals surface area contributed by atoms with E-state index in [0.717, 1.165) is 37.5 Å². The van der Waals surface area contributed by atoms with E-state index in [1.54, 1.807) is 43.4 Å². The highest BCUT2D eigenvalue weighted by atomic mass is 32.2. The minimum absolute atomic E-state index is 0.202. The Balaban J connectivity index is 1.48. The van der Waals surface area contributed by atoms with Crippen molar-refractivity contribution in [2.75, 3.05) is 24.7 Å². The molecule has 0 atom stereocenters. The number of halogens is 1. The molecule has 43 heavy (non-hydrogen) atoms. The molecule has 0 saturated carbocycles. The fraction of sp³-hybridized carbons (Fsp3) is 0.250. The molecule has 0 spiro atoms. The zero-order chi connectivity index (χ0) is 30.0. The van der Waals surface area contributed by atoms with E-state index < -0.39 is 10.0 Å². The molecule has 220 valence electrons. The van der Waals surface area contributed by atoms with Gasteiger partial charge < -0.3 is 19.0 Å². The van der Waals surface area contributed by atoms with Crippen LogP contribution in [0, 0.1) is 5.82 Å². The number of nitrogens with one attached hydrogen (secondary N) is 1. The summed E-state index contributed by atoms with van der Waals surface area (Å²) >= 11 is 0. The van der Waals surface area contributed by atoms with Crippen LogP contribution in [0.2, 0.25) is 0 Å². The van der Waals surface area contributed by atoms with Gasteiger partial charge in [0.05, 0.1) is 34.4 Å². The number of amides is 1. The highest BCUT2D eigenvalue weighted by molar-refractivity contribution is 7.92. The van der Waals surface area contributed by atoms with Gasteiger partial charge in [0.25, 0.3) is 5.91 Å². The van der Waals surface area contributed by atoms with Crippen molar-refractivity contribution in [2.24, 2.45) is 0 Å². The Morgan fingerprint density at radius 2 is 1.95 bits per heavy atom. The van der Waals surface area contributed by atoms with Crippen molar-refractivity contribution in [3.63, 3.8) is 0 Å². The summed E-state index contributed by atoms with van der Waals surface area (Å²) in [5, 5.41) is 3.74. The number of carbonyl (C=O) groups is 1. The predicted octanol–water partition coefficient (Wildman–Crippen LogP) is 6.32. The second kappa shape index (κ2) is 9.98. The van der Waals surface area contributed by atoms with Crippen LogP contribution < -0.4 is 14.4 Å². The Bertz CT molecular complexity index is 2110. The Morgan fingerprint density at radius 3 is 2.70 bits per heavy atom. The van der Waals surface area contributed by atoms with Crippen LogP contribution in [0.25, 0.3) is 50.1 Å². The van der Waals surface area contributed by atoms with Crippen molar-refractivity contribution in [3.8, 4) is 28.4 Å². The molecule has 2 aliphatic rings. The van der Waals surface area contributed by atoms with E-state index in [-0.39, 0.29) is 18.5 Å². The zero-order valence-electron chi connectivity index (χ0n) is 23.9. The maximum absolute atomic E-state index is 14.7. The third-order valence-corrected chi connectivity index (χ3v) is 9.49. The summed E-state index contributed by atoms with van der Waals surface area (Å²) in [7, 11) is -0.648. The van der Waals surface area contributed by atoms with Crippen LogP contribution in [-0.4, -0.2) is 44.2 Å². The number of allylic oxidation sites excluding steroid dienone is 2. The molecule has 4 heterocycles. The summed E-state index contributed by atoms with van der Waals surface area (Å²) in [6.07, 6.45) is 6.98. The van der Waals surface area contributed by atoms with Gasteiger partial charge in [-0.3, -0.25) is 9.10 Å². The average molecular weight is 601 g/mol. The number of anilines is 1. The summed E-state index contributed by atoms with van der Waals surface area (Å²) < 4.78 is 55.6. The highest BCUT2D eigenvalue weighted by Crippen LogP contribution is 2.44. The van der Waals surface area contributed by atoms with E-state index in [2.05, 4.69) is 11.4 Å². The summed E-state index contributed by atoms with van der Waals surface area (Å²) in [5.74, 6) is 0.385. The molecule has 0 radical (unpaired) electrons. The van der Waals surface area contributed by atoms with Crippen molar-refractivity contribution >= 4 is 49.1 Å². The fourth-order valence-corrected chi connectivity index (χ4v) is 6.52. The number of fused-ring (bicyclic) bond motifs is 6. The second-order valence-corrected chi connectivity index (χ2v) is 12.9. The molecule has 1 amide bonds. The molecule has 0 saturated heterocycles. The first-order chi connectivity index (χ1) is 20.7. The third-order valence-electron chi connectivity index (χ3n) is 8.30. The molecular formula is C32H29FN4O5S. The van der Waals surface area contributed by atoms with Crippen molar-refractivity contribution in [1.82, 2.24) is 14.9 Å². The number of ether oxygens (including phenoxy) is 1. The van der Waals surface area contributed by atoms with Gasteiger partial charge in [-0.1, -0.05) is 12.1 Å². The molecule has 9 nitrogen and oxygen atoms in total. The Hall–Kier alpha value is -4.64. The molecule has 5 aromatic rings. The van der Waals surface area contributed by atoms with Crippen molar-refractivity contribution in [3.05, 3.63) is 71.7 Å². The first-order valence-electron chi connectivity index (χ1n) is 14.0. The molecule has 0 fully saturated rings. The van der Waals surface area contributed by atoms with Gasteiger partial charge in [0, 0.05) is 36.5 Å². The quantitative estimate of drug-likeness (QED) is 0.253. The van der Waals surface area contributed by atoms with Crippen molar-refractivity contribution in [1.29, 1.82) is 0 Å². The van der Waals surface area contributed by atoms with Crippen LogP contribution in [0.5, 0.6) is 5.75 Å². The SMILES string of the molecule is CNC(=O)c1c(C2=CCCCC2)oc2cc(N(C)S(C)(=O)=O)c(-c3ccc4c(n3)-c3cc5c(F)cccc5n3CO4)cc12. The van der Waals surface area contributed by atoms with Gasteiger partial charge in [0.1, 0.15) is 28.6 Å². The Kier molecular flexibility index (Phi) is 6.31. The van der Waals surface area contributed by atoms with Gasteiger partial charge in [-0.05, 0) is 67.7 Å². The Morgan fingerprint density at radius 1 is 1.12 bits per heavy atom. The van der Waals surface area contributed by atoms with E-state index in [0.29, 0.717) is 67.3 Å². The van der Waals surface area contributed by atoms with E-state index in [4.69, 9.17) is 14.1 Å².